The van der Waals surface area contributed by atoms with Crippen molar-refractivity contribution in [2.45, 2.75) is 39.8 Å². The van der Waals surface area contributed by atoms with E-state index in [-0.39, 0.29) is 0 Å². The highest BCUT2D eigenvalue weighted by Crippen LogP contribution is 2.10. The van der Waals surface area contributed by atoms with Gasteiger partial charge in [-0.05, 0) is 38.3 Å². The first-order valence-electron chi connectivity index (χ1n) is 6.08. The van der Waals surface area contributed by atoms with Crippen molar-refractivity contribution in [1.29, 1.82) is 0 Å². The molecule has 3 heteroatoms. The van der Waals surface area contributed by atoms with Crippen molar-refractivity contribution in [1.82, 2.24) is 5.32 Å². The molecule has 0 saturated heterocycles. The third-order valence-electron chi connectivity index (χ3n) is 2.98. The predicted octanol–water partition coefficient (Wildman–Crippen LogP) is 2.55. The van der Waals surface area contributed by atoms with E-state index in [1.807, 2.05) is 0 Å². The van der Waals surface area contributed by atoms with Crippen LogP contribution < -0.4 is 5.32 Å². The highest BCUT2D eigenvalue weighted by Gasteiger charge is 2.04. The Morgan fingerprint density at radius 3 is 2.65 bits per heavy atom. The molecule has 0 fully saturated rings. The van der Waals surface area contributed by atoms with Crippen LogP contribution in [0, 0.1) is 13.8 Å². The van der Waals surface area contributed by atoms with Gasteiger partial charge >= 0.3 is 0 Å². The van der Waals surface area contributed by atoms with E-state index >= 15 is 0 Å². The Kier molecular flexibility index (Phi) is 5.86. The summed E-state index contributed by atoms with van der Waals surface area (Å²) in [5.74, 6) is 0.779. The highest BCUT2D eigenvalue weighted by atomic mass is 32.2. The summed E-state index contributed by atoms with van der Waals surface area (Å²) in [6.45, 7) is 7.30. The maximum Gasteiger partial charge on any atom is 0.0246 e. The molecule has 0 aromatic heterocycles. The van der Waals surface area contributed by atoms with E-state index in [2.05, 4.69) is 44.3 Å². The molecule has 0 radical (unpaired) electrons. The Balaban J connectivity index is 2.41. The molecule has 1 aromatic rings. The zero-order valence-corrected chi connectivity index (χ0v) is 12.1. The average molecular weight is 253 g/mol. The van der Waals surface area contributed by atoms with Crippen molar-refractivity contribution in [3.8, 4) is 0 Å². The van der Waals surface area contributed by atoms with E-state index in [0.717, 1.165) is 18.7 Å². The van der Waals surface area contributed by atoms with Gasteiger partial charge in [0, 0.05) is 35.4 Å². The topological polar surface area (TPSA) is 29.1 Å². The van der Waals surface area contributed by atoms with Gasteiger partial charge in [-0.15, -0.1) is 0 Å². The van der Waals surface area contributed by atoms with E-state index in [4.69, 9.17) is 0 Å². The Bertz CT molecular complexity index is 390. The molecule has 0 saturated carbocycles. The zero-order chi connectivity index (χ0) is 12.8. The van der Waals surface area contributed by atoms with Crippen LogP contribution in [0.2, 0.25) is 0 Å². The van der Waals surface area contributed by atoms with Gasteiger partial charge in [0.2, 0.25) is 0 Å². The number of nitrogens with one attached hydrogen (secondary N) is 1. The SMILES string of the molecule is Cc1ccc(CNC(C)CCS(C)=O)c(C)c1. The first kappa shape index (κ1) is 14.4. The molecule has 1 rings (SSSR count). The molecule has 1 aromatic carbocycles. The summed E-state index contributed by atoms with van der Waals surface area (Å²) in [5.41, 5.74) is 3.99. The molecule has 0 spiro atoms. The molecule has 2 atom stereocenters. The number of benzene rings is 1. The maximum atomic E-state index is 11.0. The lowest BCUT2D eigenvalue weighted by Gasteiger charge is -2.14. The van der Waals surface area contributed by atoms with Gasteiger partial charge in [0.1, 0.15) is 0 Å². The van der Waals surface area contributed by atoms with Crippen molar-refractivity contribution in [3.05, 3.63) is 34.9 Å². The second-order valence-electron chi connectivity index (χ2n) is 4.78. The highest BCUT2D eigenvalue weighted by molar-refractivity contribution is 7.84. The fraction of sp³-hybridized carbons (Fsp3) is 0.571. The van der Waals surface area contributed by atoms with E-state index in [9.17, 15) is 4.21 Å². The monoisotopic (exact) mass is 253 g/mol. The lowest BCUT2D eigenvalue weighted by atomic mass is 10.1. The minimum Gasteiger partial charge on any atom is -0.310 e. The summed E-state index contributed by atoms with van der Waals surface area (Å²) in [7, 11) is -0.682. The van der Waals surface area contributed by atoms with Crippen molar-refractivity contribution in [2.75, 3.05) is 12.0 Å². The van der Waals surface area contributed by atoms with Crippen molar-refractivity contribution >= 4 is 10.8 Å². The molecule has 0 aliphatic carbocycles. The molecule has 1 N–H and O–H groups in total. The number of hydrogen-bond acceptors (Lipinski definition) is 2. The fourth-order valence-corrected chi connectivity index (χ4v) is 2.46. The van der Waals surface area contributed by atoms with Gasteiger partial charge in [0.15, 0.2) is 0 Å². The normalized spacial score (nSPS) is 14.6. The summed E-state index contributed by atoms with van der Waals surface area (Å²) in [5, 5.41) is 3.48. The Hall–Kier alpha value is -0.670. The molecular weight excluding hydrogens is 230 g/mol. The minimum absolute atomic E-state index is 0.416. The third kappa shape index (κ3) is 5.46. The van der Waals surface area contributed by atoms with Gasteiger partial charge in [-0.25, -0.2) is 0 Å². The summed E-state index contributed by atoms with van der Waals surface area (Å²) in [6.07, 6.45) is 2.73. The van der Waals surface area contributed by atoms with Gasteiger partial charge in [-0.3, -0.25) is 4.21 Å². The quantitative estimate of drug-likeness (QED) is 0.844. The van der Waals surface area contributed by atoms with Gasteiger partial charge in [-0.1, -0.05) is 23.8 Å². The van der Waals surface area contributed by atoms with Crippen LogP contribution in [0.5, 0.6) is 0 Å². The Labute approximate surface area is 107 Å². The predicted molar refractivity (Wildman–Crippen MR) is 75.8 cm³/mol. The van der Waals surface area contributed by atoms with Crippen LogP contribution in [0.25, 0.3) is 0 Å². The first-order valence-corrected chi connectivity index (χ1v) is 7.81. The van der Waals surface area contributed by atoms with Crippen LogP contribution in [0.15, 0.2) is 18.2 Å². The first-order chi connectivity index (χ1) is 7.99. The van der Waals surface area contributed by atoms with Crippen molar-refractivity contribution in [2.24, 2.45) is 0 Å². The van der Waals surface area contributed by atoms with Gasteiger partial charge < -0.3 is 5.32 Å². The van der Waals surface area contributed by atoms with E-state index < -0.39 is 10.8 Å². The van der Waals surface area contributed by atoms with Crippen LogP contribution in [0.1, 0.15) is 30.0 Å². The Morgan fingerprint density at radius 1 is 1.35 bits per heavy atom. The second-order valence-corrected chi connectivity index (χ2v) is 6.33. The van der Waals surface area contributed by atoms with Crippen LogP contribution >= 0.6 is 0 Å². The summed E-state index contributed by atoms with van der Waals surface area (Å²) >= 11 is 0. The number of hydrogen-bond donors (Lipinski definition) is 1. The molecule has 2 nitrogen and oxygen atoms in total. The van der Waals surface area contributed by atoms with E-state index in [1.165, 1.54) is 16.7 Å². The summed E-state index contributed by atoms with van der Waals surface area (Å²) in [4.78, 5) is 0. The lowest BCUT2D eigenvalue weighted by Crippen LogP contribution is -2.27. The minimum atomic E-state index is -0.682. The smallest absolute Gasteiger partial charge is 0.0246 e. The van der Waals surface area contributed by atoms with E-state index in [0.29, 0.717) is 6.04 Å². The van der Waals surface area contributed by atoms with Gasteiger partial charge in [0.25, 0.3) is 0 Å². The van der Waals surface area contributed by atoms with Gasteiger partial charge in [0.05, 0.1) is 0 Å². The van der Waals surface area contributed by atoms with Crippen LogP contribution in [-0.4, -0.2) is 22.3 Å². The average Bonchev–Trinajstić information content (AvgIpc) is 2.25. The molecule has 17 heavy (non-hydrogen) atoms. The standard InChI is InChI=1S/C14H23NOS/c1-11-5-6-14(12(2)9-11)10-15-13(3)7-8-17(4)16/h5-6,9,13,15H,7-8,10H2,1-4H3. The Morgan fingerprint density at radius 2 is 2.06 bits per heavy atom. The summed E-state index contributed by atoms with van der Waals surface area (Å²) < 4.78 is 11.0. The molecule has 2 unspecified atom stereocenters. The third-order valence-corrected chi connectivity index (χ3v) is 3.79. The second kappa shape index (κ2) is 6.92. The van der Waals surface area contributed by atoms with Crippen LogP contribution in [-0.2, 0) is 17.3 Å². The molecule has 96 valence electrons. The number of rotatable bonds is 6. The van der Waals surface area contributed by atoms with Gasteiger partial charge in [-0.2, -0.15) is 0 Å². The lowest BCUT2D eigenvalue weighted by molar-refractivity contribution is 0.534. The van der Waals surface area contributed by atoms with Crippen molar-refractivity contribution < 1.29 is 4.21 Å². The van der Waals surface area contributed by atoms with Crippen molar-refractivity contribution in [3.63, 3.8) is 0 Å². The molecule has 0 amide bonds. The van der Waals surface area contributed by atoms with Crippen LogP contribution in [0.3, 0.4) is 0 Å². The maximum absolute atomic E-state index is 11.0. The fourth-order valence-electron chi connectivity index (χ4n) is 1.77. The van der Waals surface area contributed by atoms with E-state index in [1.54, 1.807) is 6.26 Å². The number of aryl methyl sites for hydroxylation is 2. The molecule has 0 aliphatic heterocycles. The zero-order valence-electron chi connectivity index (χ0n) is 11.2. The molecule has 0 aliphatic rings. The molecule has 0 bridgehead atoms. The van der Waals surface area contributed by atoms with Crippen LogP contribution in [0.4, 0.5) is 0 Å². The molecule has 0 heterocycles. The largest absolute Gasteiger partial charge is 0.310 e. The molecular formula is C14H23NOS. The summed E-state index contributed by atoms with van der Waals surface area (Å²) in [6, 6.07) is 6.96.